The minimum Gasteiger partial charge on any atom is -0.356 e. The first kappa shape index (κ1) is 14.8. The number of rotatable bonds is 3. The first-order chi connectivity index (χ1) is 11.8. The molecule has 122 valence electrons. The van der Waals surface area contributed by atoms with Gasteiger partial charge in [-0.05, 0) is 25.0 Å². The normalized spacial score (nSPS) is 17.9. The molecule has 0 radical (unpaired) electrons. The van der Waals surface area contributed by atoms with Crippen LogP contribution in [0.1, 0.15) is 24.5 Å². The Labute approximate surface area is 141 Å². The number of anilines is 1. The van der Waals surface area contributed by atoms with Crippen LogP contribution >= 0.6 is 0 Å². The van der Waals surface area contributed by atoms with Crippen LogP contribution in [0.3, 0.4) is 0 Å². The summed E-state index contributed by atoms with van der Waals surface area (Å²) in [4.78, 5) is 20.5. The first-order valence-electron chi connectivity index (χ1n) is 8.27. The zero-order valence-electron chi connectivity index (χ0n) is 13.7. The second-order valence-electron chi connectivity index (χ2n) is 6.13. The molecule has 0 spiro atoms. The van der Waals surface area contributed by atoms with E-state index in [1.54, 1.807) is 18.6 Å². The molecule has 1 fully saturated rings. The molecule has 1 unspecified atom stereocenters. The quantitative estimate of drug-likeness (QED) is 0.742. The number of pyridine rings is 1. The van der Waals surface area contributed by atoms with Crippen LogP contribution < -0.4 is 4.90 Å². The van der Waals surface area contributed by atoms with Crippen molar-refractivity contribution in [3.05, 3.63) is 54.9 Å². The minimum absolute atomic E-state index is 0.334. The molecule has 3 aromatic rings. The first-order valence-corrected chi connectivity index (χ1v) is 8.27. The van der Waals surface area contributed by atoms with Crippen LogP contribution in [0.25, 0.3) is 11.5 Å². The van der Waals surface area contributed by atoms with Gasteiger partial charge in [-0.15, -0.1) is 0 Å². The van der Waals surface area contributed by atoms with Crippen molar-refractivity contribution < 1.29 is 0 Å². The van der Waals surface area contributed by atoms with Gasteiger partial charge in [0.05, 0.1) is 5.69 Å². The van der Waals surface area contributed by atoms with Gasteiger partial charge < -0.3 is 9.47 Å². The largest absolute Gasteiger partial charge is 0.356 e. The lowest BCUT2D eigenvalue weighted by Gasteiger charge is -2.33. The Kier molecular flexibility index (Phi) is 3.94. The summed E-state index contributed by atoms with van der Waals surface area (Å²) < 4.78 is 1.99. The molecule has 6 nitrogen and oxygen atoms in total. The fourth-order valence-electron chi connectivity index (χ4n) is 3.36. The number of aromatic nitrogens is 5. The van der Waals surface area contributed by atoms with Crippen molar-refractivity contribution in [2.75, 3.05) is 18.0 Å². The van der Waals surface area contributed by atoms with Crippen molar-refractivity contribution in [3.63, 3.8) is 0 Å². The summed E-state index contributed by atoms with van der Waals surface area (Å²) >= 11 is 0. The van der Waals surface area contributed by atoms with Gasteiger partial charge in [0.15, 0.2) is 5.82 Å². The van der Waals surface area contributed by atoms with E-state index >= 15 is 0 Å². The molecule has 24 heavy (non-hydrogen) atoms. The van der Waals surface area contributed by atoms with Gasteiger partial charge >= 0.3 is 0 Å². The average molecular weight is 320 g/mol. The molecule has 4 rings (SSSR count). The number of hydrogen-bond donors (Lipinski definition) is 0. The molecule has 0 N–H and O–H groups in total. The predicted octanol–water partition coefficient (Wildman–Crippen LogP) is 2.66. The topological polar surface area (TPSA) is 59.7 Å². The van der Waals surface area contributed by atoms with E-state index in [0.29, 0.717) is 5.92 Å². The SMILES string of the molecule is Cn1ccnc1-c1nccnc1C1CCCN(c2ccccn2)C1. The van der Waals surface area contributed by atoms with E-state index in [4.69, 9.17) is 0 Å². The molecule has 4 heterocycles. The smallest absolute Gasteiger partial charge is 0.160 e. The summed E-state index contributed by atoms with van der Waals surface area (Å²) in [6.07, 6.45) is 11.3. The molecule has 6 heteroatoms. The van der Waals surface area contributed by atoms with E-state index in [1.165, 1.54) is 0 Å². The molecule has 1 aliphatic heterocycles. The van der Waals surface area contributed by atoms with E-state index in [1.807, 2.05) is 36.1 Å². The van der Waals surface area contributed by atoms with Crippen molar-refractivity contribution >= 4 is 5.82 Å². The number of nitrogens with zero attached hydrogens (tertiary/aromatic N) is 6. The summed E-state index contributed by atoms with van der Waals surface area (Å²) in [5.74, 6) is 2.24. The second-order valence-corrected chi connectivity index (χ2v) is 6.13. The average Bonchev–Trinajstić information content (AvgIpc) is 3.08. The Balaban J connectivity index is 1.66. The number of imidazole rings is 1. The molecule has 3 aromatic heterocycles. The molecule has 0 aliphatic carbocycles. The molecule has 1 saturated heterocycles. The van der Waals surface area contributed by atoms with Gasteiger partial charge in [-0.3, -0.25) is 4.98 Å². The van der Waals surface area contributed by atoms with Crippen LogP contribution in [0, 0.1) is 0 Å². The lowest BCUT2D eigenvalue weighted by atomic mass is 9.93. The Hall–Kier alpha value is -2.76. The van der Waals surface area contributed by atoms with Gasteiger partial charge in [0, 0.05) is 57.0 Å². The van der Waals surface area contributed by atoms with Crippen LogP contribution in [-0.2, 0) is 7.05 Å². The van der Waals surface area contributed by atoms with Gasteiger partial charge in [0.1, 0.15) is 11.5 Å². The van der Waals surface area contributed by atoms with E-state index < -0.39 is 0 Å². The molecule has 1 aliphatic rings. The third-order valence-electron chi connectivity index (χ3n) is 4.54. The maximum absolute atomic E-state index is 4.66. The summed E-state index contributed by atoms with van der Waals surface area (Å²) in [5.41, 5.74) is 1.92. The zero-order chi connectivity index (χ0) is 16.4. The lowest BCUT2D eigenvalue weighted by Crippen LogP contribution is -2.35. The van der Waals surface area contributed by atoms with E-state index in [2.05, 4.69) is 30.9 Å². The molecule has 0 bridgehead atoms. The van der Waals surface area contributed by atoms with Gasteiger partial charge in [0.2, 0.25) is 0 Å². The maximum Gasteiger partial charge on any atom is 0.160 e. The van der Waals surface area contributed by atoms with Crippen molar-refractivity contribution in [2.45, 2.75) is 18.8 Å². The van der Waals surface area contributed by atoms with Crippen molar-refractivity contribution in [2.24, 2.45) is 7.05 Å². The fraction of sp³-hybridized carbons (Fsp3) is 0.333. The highest BCUT2D eigenvalue weighted by atomic mass is 15.2. The summed E-state index contributed by atoms with van der Waals surface area (Å²) in [7, 11) is 1.99. The Morgan fingerprint density at radius 3 is 2.71 bits per heavy atom. The van der Waals surface area contributed by atoms with Crippen LogP contribution in [0.4, 0.5) is 5.82 Å². The molecule has 0 amide bonds. The van der Waals surface area contributed by atoms with Gasteiger partial charge in [-0.1, -0.05) is 6.07 Å². The third-order valence-corrected chi connectivity index (χ3v) is 4.54. The van der Waals surface area contributed by atoms with Gasteiger partial charge in [-0.2, -0.15) is 0 Å². The van der Waals surface area contributed by atoms with Gasteiger partial charge in [-0.25, -0.2) is 15.0 Å². The standard InChI is InChI=1S/C18H20N6/c1-23-12-10-22-18(23)17-16(20-8-9-21-17)14-5-4-11-24(13-14)15-6-2-3-7-19-15/h2-3,6-10,12,14H,4-5,11,13H2,1H3. The van der Waals surface area contributed by atoms with Crippen molar-refractivity contribution in [1.82, 2.24) is 24.5 Å². The van der Waals surface area contributed by atoms with Crippen LogP contribution in [0.5, 0.6) is 0 Å². The number of hydrogen-bond acceptors (Lipinski definition) is 5. The van der Waals surface area contributed by atoms with Crippen molar-refractivity contribution in [3.8, 4) is 11.5 Å². The highest BCUT2D eigenvalue weighted by Gasteiger charge is 2.27. The molecular weight excluding hydrogens is 300 g/mol. The Morgan fingerprint density at radius 1 is 1.00 bits per heavy atom. The Morgan fingerprint density at radius 2 is 1.92 bits per heavy atom. The lowest BCUT2D eigenvalue weighted by molar-refractivity contribution is 0.498. The summed E-state index contributed by atoms with van der Waals surface area (Å²) in [6, 6.07) is 6.05. The monoisotopic (exact) mass is 320 g/mol. The minimum atomic E-state index is 0.334. The fourth-order valence-corrected chi connectivity index (χ4v) is 3.36. The highest BCUT2D eigenvalue weighted by Crippen LogP contribution is 2.32. The molecule has 1 atom stereocenters. The maximum atomic E-state index is 4.66. The van der Waals surface area contributed by atoms with Crippen LogP contribution in [0.2, 0.25) is 0 Å². The summed E-state index contributed by atoms with van der Waals surface area (Å²) in [6.45, 7) is 1.94. The van der Waals surface area contributed by atoms with Crippen molar-refractivity contribution in [1.29, 1.82) is 0 Å². The Bertz CT molecular complexity index is 813. The predicted molar refractivity (Wildman–Crippen MR) is 92.7 cm³/mol. The van der Waals surface area contributed by atoms with E-state index in [-0.39, 0.29) is 0 Å². The molecule has 0 aromatic carbocycles. The zero-order valence-corrected chi connectivity index (χ0v) is 13.7. The highest BCUT2D eigenvalue weighted by molar-refractivity contribution is 5.54. The van der Waals surface area contributed by atoms with E-state index in [0.717, 1.165) is 49.0 Å². The molecule has 0 saturated carbocycles. The summed E-state index contributed by atoms with van der Waals surface area (Å²) in [5, 5.41) is 0. The van der Waals surface area contributed by atoms with Gasteiger partial charge in [0.25, 0.3) is 0 Å². The van der Waals surface area contributed by atoms with Crippen LogP contribution in [-0.4, -0.2) is 37.6 Å². The number of aryl methyl sites for hydroxylation is 1. The van der Waals surface area contributed by atoms with Crippen LogP contribution in [0.15, 0.2) is 49.2 Å². The molecular formula is C18H20N6. The third kappa shape index (κ3) is 2.75. The number of piperidine rings is 1. The van der Waals surface area contributed by atoms with E-state index in [9.17, 15) is 0 Å². The second kappa shape index (κ2) is 6.39.